The summed E-state index contributed by atoms with van der Waals surface area (Å²) in [5.41, 5.74) is 0.684. The van der Waals surface area contributed by atoms with Crippen molar-refractivity contribution in [3.05, 3.63) is 35.4 Å². The Labute approximate surface area is 209 Å². The SMILES string of the molecule is CCCCC1=CC(C)(C)Oc2cc([C@@]3(COC(=O)C45CCC(C)(C(=O)O4)C5(C)C)C[C@@H]3C)ccc21. The molecule has 2 bridgehead atoms. The van der Waals surface area contributed by atoms with Crippen molar-refractivity contribution in [3.63, 3.8) is 0 Å². The molecule has 5 rings (SSSR count). The highest BCUT2D eigenvalue weighted by Gasteiger charge is 2.76. The van der Waals surface area contributed by atoms with Gasteiger partial charge in [-0.05, 0) is 82.1 Å². The van der Waals surface area contributed by atoms with Crippen molar-refractivity contribution in [2.75, 3.05) is 6.61 Å². The van der Waals surface area contributed by atoms with Crippen molar-refractivity contribution in [1.82, 2.24) is 0 Å². The summed E-state index contributed by atoms with van der Waals surface area (Å²) in [6, 6.07) is 6.53. The molecule has 3 fully saturated rings. The van der Waals surface area contributed by atoms with E-state index in [0.717, 1.165) is 37.0 Å². The van der Waals surface area contributed by atoms with Crippen molar-refractivity contribution in [3.8, 4) is 5.75 Å². The number of hydrogen-bond donors (Lipinski definition) is 0. The van der Waals surface area contributed by atoms with Gasteiger partial charge >= 0.3 is 11.9 Å². The van der Waals surface area contributed by atoms with Crippen molar-refractivity contribution >= 4 is 17.5 Å². The third-order valence-corrected chi connectivity index (χ3v) is 9.92. The van der Waals surface area contributed by atoms with Crippen LogP contribution in [0.3, 0.4) is 0 Å². The maximum Gasteiger partial charge on any atom is 0.351 e. The van der Waals surface area contributed by atoms with Gasteiger partial charge in [-0.2, -0.15) is 0 Å². The highest BCUT2D eigenvalue weighted by atomic mass is 16.6. The minimum Gasteiger partial charge on any atom is -0.483 e. The van der Waals surface area contributed by atoms with Crippen LogP contribution >= 0.6 is 0 Å². The fraction of sp³-hybridized carbons (Fsp3) is 0.667. The number of allylic oxidation sites excluding steroid dienone is 1. The third-order valence-electron chi connectivity index (χ3n) is 9.92. The number of fused-ring (bicyclic) bond motifs is 3. The van der Waals surface area contributed by atoms with Gasteiger partial charge in [-0.1, -0.05) is 46.2 Å². The van der Waals surface area contributed by atoms with Gasteiger partial charge in [0.15, 0.2) is 0 Å². The van der Waals surface area contributed by atoms with E-state index >= 15 is 0 Å². The average Bonchev–Trinajstić information content (AvgIpc) is 3.37. The highest BCUT2D eigenvalue weighted by molar-refractivity contribution is 5.93. The molecular formula is C30H40O5. The van der Waals surface area contributed by atoms with Crippen LogP contribution in [0.1, 0.15) is 98.1 Å². The summed E-state index contributed by atoms with van der Waals surface area (Å²) in [7, 11) is 0. The van der Waals surface area contributed by atoms with Gasteiger partial charge in [0.2, 0.25) is 5.60 Å². The molecule has 1 saturated heterocycles. The van der Waals surface area contributed by atoms with Crippen LogP contribution in [-0.2, 0) is 24.5 Å². The Morgan fingerprint density at radius 2 is 1.83 bits per heavy atom. The molecular weight excluding hydrogens is 440 g/mol. The second-order valence-electron chi connectivity index (χ2n) is 12.7. The van der Waals surface area contributed by atoms with Crippen LogP contribution in [-0.4, -0.2) is 29.7 Å². The van der Waals surface area contributed by atoms with E-state index in [1.165, 1.54) is 11.1 Å². The normalized spacial score (nSPS) is 35.6. The van der Waals surface area contributed by atoms with E-state index in [1.807, 2.05) is 20.8 Å². The van der Waals surface area contributed by atoms with Gasteiger partial charge < -0.3 is 14.2 Å². The molecule has 0 amide bonds. The van der Waals surface area contributed by atoms with Gasteiger partial charge in [-0.25, -0.2) is 4.79 Å². The predicted molar refractivity (Wildman–Crippen MR) is 135 cm³/mol. The fourth-order valence-electron chi connectivity index (χ4n) is 6.75. The van der Waals surface area contributed by atoms with Gasteiger partial charge in [-0.15, -0.1) is 0 Å². The van der Waals surface area contributed by atoms with Gasteiger partial charge in [0.25, 0.3) is 0 Å². The van der Waals surface area contributed by atoms with Crippen LogP contribution < -0.4 is 4.74 Å². The largest absolute Gasteiger partial charge is 0.483 e. The highest BCUT2D eigenvalue weighted by Crippen LogP contribution is 2.66. The maximum atomic E-state index is 13.5. The Bertz CT molecular complexity index is 1110. The Kier molecular flexibility index (Phi) is 5.30. The third kappa shape index (κ3) is 3.33. The van der Waals surface area contributed by atoms with E-state index in [-0.39, 0.29) is 17.0 Å². The van der Waals surface area contributed by atoms with Crippen molar-refractivity contribution in [2.45, 2.75) is 104 Å². The number of rotatable bonds is 7. The van der Waals surface area contributed by atoms with Crippen molar-refractivity contribution in [1.29, 1.82) is 0 Å². The molecule has 5 heteroatoms. The first-order valence-electron chi connectivity index (χ1n) is 13.3. The van der Waals surface area contributed by atoms with E-state index in [1.54, 1.807) is 0 Å². The molecule has 35 heavy (non-hydrogen) atoms. The van der Waals surface area contributed by atoms with Gasteiger partial charge in [0.1, 0.15) is 18.0 Å². The Balaban J connectivity index is 1.38. The summed E-state index contributed by atoms with van der Waals surface area (Å²) in [6.07, 6.45) is 7.74. The average molecular weight is 481 g/mol. The zero-order chi connectivity index (χ0) is 25.4. The quantitative estimate of drug-likeness (QED) is 0.424. The molecule has 190 valence electrons. The molecule has 2 aliphatic heterocycles. The summed E-state index contributed by atoms with van der Waals surface area (Å²) >= 11 is 0. The van der Waals surface area contributed by atoms with Crippen LogP contribution in [0.15, 0.2) is 24.3 Å². The van der Waals surface area contributed by atoms with Crippen LogP contribution in [0.5, 0.6) is 5.75 Å². The molecule has 0 radical (unpaired) electrons. The van der Waals surface area contributed by atoms with Crippen LogP contribution in [0, 0.1) is 16.7 Å². The molecule has 0 aromatic heterocycles. The smallest absolute Gasteiger partial charge is 0.351 e. The van der Waals surface area contributed by atoms with E-state index in [4.69, 9.17) is 14.2 Å². The molecule has 2 saturated carbocycles. The molecule has 0 spiro atoms. The molecule has 1 aromatic carbocycles. The predicted octanol–water partition coefficient (Wildman–Crippen LogP) is 6.37. The Hall–Kier alpha value is -2.30. The number of hydrogen-bond acceptors (Lipinski definition) is 5. The maximum absolute atomic E-state index is 13.5. The fourth-order valence-corrected chi connectivity index (χ4v) is 6.75. The zero-order valence-electron chi connectivity index (χ0n) is 22.4. The standard InChI is InChI=1S/C30H40O5/c1-8-9-10-20-17-26(3,4)34-23-15-21(11-12-22(20)23)29(16-19(29)2)18-33-25(32)30-14-13-28(7,24(31)35-30)27(30,5)6/h11-12,15,17,19H,8-10,13-14,16,18H2,1-7H3/t19-,28?,29+,30?/m0/s1. The lowest BCUT2D eigenvalue weighted by molar-refractivity contribution is -0.183. The molecule has 2 unspecified atom stereocenters. The van der Waals surface area contributed by atoms with Crippen LogP contribution in [0.25, 0.3) is 5.57 Å². The Morgan fingerprint density at radius 3 is 2.40 bits per heavy atom. The number of unbranched alkanes of at least 4 members (excludes halogenated alkanes) is 1. The second-order valence-corrected chi connectivity index (χ2v) is 12.7. The minimum atomic E-state index is -1.18. The molecule has 2 aliphatic carbocycles. The zero-order valence-corrected chi connectivity index (χ0v) is 22.4. The molecule has 0 N–H and O–H groups in total. The van der Waals surface area contributed by atoms with Gasteiger partial charge in [0, 0.05) is 16.4 Å². The molecule has 2 heterocycles. The molecule has 5 nitrogen and oxygen atoms in total. The lowest BCUT2D eigenvalue weighted by Crippen LogP contribution is -2.49. The lowest BCUT2D eigenvalue weighted by Gasteiger charge is -2.35. The lowest BCUT2D eigenvalue weighted by atomic mass is 9.66. The van der Waals surface area contributed by atoms with E-state index < -0.39 is 22.4 Å². The van der Waals surface area contributed by atoms with E-state index in [2.05, 4.69) is 52.0 Å². The topological polar surface area (TPSA) is 61.8 Å². The summed E-state index contributed by atoms with van der Waals surface area (Å²) in [4.78, 5) is 26.1. The molecule has 1 aromatic rings. The van der Waals surface area contributed by atoms with Crippen molar-refractivity contribution in [2.24, 2.45) is 16.7 Å². The van der Waals surface area contributed by atoms with Gasteiger partial charge in [0.05, 0.1) is 5.41 Å². The minimum absolute atomic E-state index is 0.228. The summed E-state index contributed by atoms with van der Waals surface area (Å²) < 4.78 is 18.1. The Morgan fingerprint density at radius 1 is 1.11 bits per heavy atom. The van der Waals surface area contributed by atoms with Gasteiger partial charge in [-0.3, -0.25) is 4.79 Å². The summed E-state index contributed by atoms with van der Waals surface area (Å²) in [6.45, 7) is 14.8. The first kappa shape index (κ1) is 24.4. The second kappa shape index (κ2) is 7.60. The first-order chi connectivity index (χ1) is 16.3. The number of carbonyl (C=O) groups excluding carboxylic acids is 2. The monoisotopic (exact) mass is 480 g/mol. The van der Waals surface area contributed by atoms with Crippen molar-refractivity contribution < 1.29 is 23.8 Å². The molecule has 4 aliphatic rings. The summed E-state index contributed by atoms with van der Waals surface area (Å²) in [5.74, 6) is 0.643. The number of esters is 2. The number of benzene rings is 1. The number of carbonyl (C=O) groups is 2. The first-order valence-corrected chi connectivity index (χ1v) is 13.3. The molecule has 4 atom stereocenters. The summed E-state index contributed by atoms with van der Waals surface area (Å²) in [5, 5.41) is 0. The van der Waals surface area contributed by atoms with E-state index in [0.29, 0.717) is 25.4 Å². The van der Waals surface area contributed by atoms with Crippen LogP contribution in [0.2, 0.25) is 0 Å². The number of ether oxygens (including phenoxy) is 3. The van der Waals surface area contributed by atoms with E-state index in [9.17, 15) is 9.59 Å². The van der Waals surface area contributed by atoms with Crippen LogP contribution in [0.4, 0.5) is 0 Å².